The highest BCUT2D eigenvalue weighted by atomic mass is 35.5. The van der Waals surface area contributed by atoms with Gasteiger partial charge in [0.1, 0.15) is 5.82 Å². The second-order valence-corrected chi connectivity index (χ2v) is 4.27. The number of halogens is 3. The van der Waals surface area contributed by atoms with Gasteiger partial charge in [-0.05, 0) is 12.1 Å². The molecule has 0 atom stereocenters. The highest BCUT2D eigenvalue weighted by Crippen LogP contribution is 2.29. The number of hydrogen-bond donors (Lipinski definition) is 0. The fraction of sp³-hybridized carbons (Fsp3) is 0. The summed E-state index contributed by atoms with van der Waals surface area (Å²) in [5.74, 6) is -0.0927. The Hall–Kier alpha value is -1.72. The van der Waals surface area contributed by atoms with E-state index in [1.165, 1.54) is 12.3 Å². The molecule has 0 aliphatic rings. The molecule has 0 spiro atoms. The molecule has 0 bridgehead atoms. The fourth-order valence-corrected chi connectivity index (χ4v) is 2.05. The molecule has 3 rings (SSSR count). The Morgan fingerprint density at radius 3 is 2.83 bits per heavy atom. The van der Waals surface area contributed by atoms with Crippen LogP contribution in [0.1, 0.15) is 0 Å². The summed E-state index contributed by atoms with van der Waals surface area (Å²) < 4.78 is 15.0. The molecule has 0 aliphatic heterocycles. The van der Waals surface area contributed by atoms with E-state index in [9.17, 15) is 4.39 Å². The zero-order chi connectivity index (χ0) is 12.7. The number of hydrogen-bond acceptors (Lipinski definition) is 3. The quantitative estimate of drug-likeness (QED) is 0.688. The second kappa shape index (κ2) is 4.19. The van der Waals surface area contributed by atoms with Crippen LogP contribution >= 0.6 is 23.2 Å². The summed E-state index contributed by atoms with van der Waals surface area (Å²) in [6.07, 6.45) is 3.15. The van der Waals surface area contributed by atoms with Gasteiger partial charge < -0.3 is 0 Å². The number of rotatable bonds is 1. The van der Waals surface area contributed by atoms with Crippen molar-refractivity contribution in [3.8, 4) is 11.4 Å². The normalized spacial score (nSPS) is 11.1. The van der Waals surface area contributed by atoms with E-state index in [1.54, 1.807) is 22.7 Å². The minimum absolute atomic E-state index is 0.000246. The summed E-state index contributed by atoms with van der Waals surface area (Å²) in [5, 5.41) is 8.09. The van der Waals surface area contributed by atoms with Gasteiger partial charge in [-0.3, -0.25) is 4.40 Å². The number of fused-ring (bicyclic) bond motifs is 1. The summed E-state index contributed by atoms with van der Waals surface area (Å²) in [5.41, 5.74) is 0.848. The number of nitrogens with zero attached hydrogens (tertiary/aromatic N) is 4. The maximum atomic E-state index is 13.4. The first kappa shape index (κ1) is 11.4. The molecule has 90 valence electrons. The molecule has 0 amide bonds. The van der Waals surface area contributed by atoms with Crippen molar-refractivity contribution >= 4 is 28.8 Å². The van der Waals surface area contributed by atoms with Crippen LogP contribution in [0, 0.1) is 5.82 Å². The molecule has 2 heterocycles. The number of benzene rings is 1. The Morgan fingerprint density at radius 1 is 1.17 bits per heavy atom. The summed E-state index contributed by atoms with van der Waals surface area (Å²) in [6, 6.07) is 4.50. The average molecular weight is 283 g/mol. The van der Waals surface area contributed by atoms with Gasteiger partial charge in [0.2, 0.25) is 0 Å². The SMILES string of the molecule is Fc1cccc(-c2nnc3c(Cl)nccn23)c1Cl. The van der Waals surface area contributed by atoms with Crippen molar-refractivity contribution < 1.29 is 4.39 Å². The van der Waals surface area contributed by atoms with Gasteiger partial charge in [-0.25, -0.2) is 9.37 Å². The van der Waals surface area contributed by atoms with Gasteiger partial charge >= 0.3 is 0 Å². The fourth-order valence-electron chi connectivity index (χ4n) is 1.66. The van der Waals surface area contributed by atoms with E-state index in [4.69, 9.17) is 23.2 Å². The third-order valence-electron chi connectivity index (χ3n) is 2.48. The molecular formula is C11H5Cl2FN4. The van der Waals surface area contributed by atoms with Crippen molar-refractivity contribution in [3.63, 3.8) is 0 Å². The molecule has 0 radical (unpaired) electrons. The van der Waals surface area contributed by atoms with Crippen molar-refractivity contribution in [1.29, 1.82) is 0 Å². The lowest BCUT2D eigenvalue weighted by molar-refractivity contribution is 0.628. The van der Waals surface area contributed by atoms with E-state index in [2.05, 4.69) is 15.2 Å². The van der Waals surface area contributed by atoms with Gasteiger partial charge in [-0.2, -0.15) is 0 Å². The molecule has 0 saturated carbocycles. The van der Waals surface area contributed by atoms with Gasteiger partial charge in [0.25, 0.3) is 0 Å². The van der Waals surface area contributed by atoms with Gasteiger partial charge in [0.15, 0.2) is 16.6 Å². The summed E-state index contributed by atoms with van der Waals surface area (Å²) in [7, 11) is 0. The predicted molar refractivity (Wildman–Crippen MR) is 66.2 cm³/mol. The van der Waals surface area contributed by atoms with Crippen LogP contribution in [0.25, 0.3) is 17.0 Å². The molecule has 0 unspecified atom stereocenters. The van der Waals surface area contributed by atoms with Gasteiger partial charge in [0, 0.05) is 18.0 Å². The standard InChI is InChI=1S/C11H5Cl2FN4/c12-8-6(2-1-3-7(8)14)10-16-17-11-9(13)15-4-5-18(10)11/h1-5H. The summed E-state index contributed by atoms with van der Waals surface area (Å²) >= 11 is 11.8. The maximum Gasteiger partial charge on any atom is 0.198 e. The van der Waals surface area contributed by atoms with Gasteiger partial charge in [-0.15, -0.1) is 10.2 Å². The van der Waals surface area contributed by atoms with Crippen molar-refractivity contribution in [2.75, 3.05) is 0 Å². The van der Waals surface area contributed by atoms with Crippen LogP contribution in [0.3, 0.4) is 0 Å². The first-order valence-corrected chi connectivity index (χ1v) is 5.73. The minimum atomic E-state index is -0.508. The Labute approximate surface area is 111 Å². The van der Waals surface area contributed by atoms with Gasteiger partial charge in [0.05, 0.1) is 5.02 Å². The van der Waals surface area contributed by atoms with Crippen molar-refractivity contribution in [2.45, 2.75) is 0 Å². The topological polar surface area (TPSA) is 43.1 Å². The van der Waals surface area contributed by atoms with E-state index < -0.39 is 5.82 Å². The Bertz CT molecular complexity index is 741. The third-order valence-corrected chi connectivity index (χ3v) is 3.13. The monoisotopic (exact) mass is 282 g/mol. The molecule has 2 aromatic heterocycles. The predicted octanol–water partition coefficient (Wildman–Crippen LogP) is 3.24. The molecule has 7 heteroatoms. The van der Waals surface area contributed by atoms with E-state index in [-0.39, 0.29) is 10.2 Å². The minimum Gasteiger partial charge on any atom is -0.278 e. The van der Waals surface area contributed by atoms with Gasteiger partial charge in [-0.1, -0.05) is 29.3 Å². The highest BCUT2D eigenvalue weighted by molar-refractivity contribution is 6.33. The number of aromatic nitrogens is 4. The maximum absolute atomic E-state index is 13.4. The third kappa shape index (κ3) is 1.63. The molecule has 0 N–H and O–H groups in total. The van der Waals surface area contributed by atoms with Crippen LogP contribution in [-0.4, -0.2) is 19.6 Å². The van der Waals surface area contributed by atoms with E-state index in [0.717, 1.165) is 0 Å². The van der Waals surface area contributed by atoms with Crippen LogP contribution in [-0.2, 0) is 0 Å². The van der Waals surface area contributed by atoms with Crippen LogP contribution in [0.5, 0.6) is 0 Å². The van der Waals surface area contributed by atoms with Crippen LogP contribution in [0.15, 0.2) is 30.6 Å². The first-order chi connectivity index (χ1) is 8.68. The molecule has 0 fully saturated rings. The summed E-state index contributed by atoms with van der Waals surface area (Å²) in [4.78, 5) is 3.89. The molecule has 3 aromatic rings. The largest absolute Gasteiger partial charge is 0.278 e. The first-order valence-electron chi connectivity index (χ1n) is 4.98. The molecule has 0 aliphatic carbocycles. The Morgan fingerprint density at radius 2 is 2.00 bits per heavy atom. The Balaban J connectivity index is 2.33. The molecular weight excluding hydrogens is 278 g/mol. The van der Waals surface area contributed by atoms with Crippen LogP contribution in [0.4, 0.5) is 4.39 Å². The molecule has 1 aromatic carbocycles. The lowest BCUT2D eigenvalue weighted by Gasteiger charge is -2.03. The van der Waals surface area contributed by atoms with Crippen LogP contribution < -0.4 is 0 Å². The summed E-state index contributed by atoms with van der Waals surface area (Å²) in [6.45, 7) is 0. The van der Waals surface area contributed by atoms with E-state index >= 15 is 0 Å². The van der Waals surface area contributed by atoms with Crippen molar-refractivity contribution in [3.05, 3.63) is 46.6 Å². The average Bonchev–Trinajstić information content (AvgIpc) is 2.78. The van der Waals surface area contributed by atoms with E-state index in [0.29, 0.717) is 17.0 Å². The van der Waals surface area contributed by atoms with Crippen molar-refractivity contribution in [2.24, 2.45) is 0 Å². The second-order valence-electron chi connectivity index (χ2n) is 3.54. The smallest absolute Gasteiger partial charge is 0.198 e. The lowest BCUT2D eigenvalue weighted by atomic mass is 10.2. The molecule has 18 heavy (non-hydrogen) atoms. The lowest BCUT2D eigenvalue weighted by Crippen LogP contribution is -1.92. The van der Waals surface area contributed by atoms with Crippen LogP contribution in [0.2, 0.25) is 10.2 Å². The zero-order valence-corrected chi connectivity index (χ0v) is 10.3. The highest BCUT2D eigenvalue weighted by Gasteiger charge is 2.15. The zero-order valence-electron chi connectivity index (χ0n) is 8.81. The molecule has 0 saturated heterocycles. The van der Waals surface area contributed by atoms with Crippen molar-refractivity contribution in [1.82, 2.24) is 19.6 Å². The Kier molecular flexibility index (Phi) is 2.65. The van der Waals surface area contributed by atoms with E-state index in [1.807, 2.05) is 0 Å². The molecule has 4 nitrogen and oxygen atoms in total.